The lowest BCUT2D eigenvalue weighted by Crippen LogP contribution is -2.53. The average Bonchev–Trinajstić information content (AvgIpc) is 3.35. The molecule has 162 valence electrons. The van der Waals surface area contributed by atoms with Crippen molar-refractivity contribution in [3.63, 3.8) is 0 Å². The molecule has 1 unspecified atom stereocenters. The molecule has 0 aliphatic carbocycles. The Labute approximate surface area is 185 Å². The van der Waals surface area contributed by atoms with Gasteiger partial charge in [0.05, 0.1) is 22.4 Å². The molecule has 30 heavy (non-hydrogen) atoms. The molecule has 4 rings (SSSR count). The van der Waals surface area contributed by atoms with Crippen LogP contribution < -0.4 is 16.0 Å². The van der Waals surface area contributed by atoms with Crippen LogP contribution >= 0.6 is 23.2 Å². The number of benzene rings is 1. The molecule has 0 saturated carbocycles. The molecule has 8 nitrogen and oxygen atoms in total. The van der Waals surface area contributed by atoms with E-state index in [9.17, 15) is 14.7 Å². The minimum absolute atomic E-state index is 0.0407. The first-order valence-electron chi connectivity index (χ1n) is 10.1. The second-order valence-corrected chi connectivity index (χ2v) is 8.61. The topological polar surface area (TPSA) is 102 Å². The number of nitrogens with two attached hydrogens (primary N) is 1. The van der Waals surface area contributed by atoms with Crippen molar-refractivity contribution in [3.05, 3.63) is 33.8 Å². The summed E-state index contributed by atoms with van der Waals surface area (Å²) in [5, 5.41) is 13.1. The van der Waals surface area contributed by atoms with Crippen LogP contribution in [0.5, 0.6) is 0 Å². The maximum absolute atomic E-state index is 12.6. The Morgan fingerprint density at radius 1 is 1.23 bits per heavy atom. The number of nitrogen functional groups attached to an aromatic ring is 1. The van der Waals surface area contributed by atoms with Crippen LogP contribution in [0.1, 0.15) is 18.4 Å². The molecule has 1 aromatic carbocycles. The molecule has 2 fully saturated rings. The highest BCUT2D eigenvalue weighted by Crippen LogP contribution is 2.32. The normalized spacial score (nSPS) is 24.9. The number of piperazine rings is 1. The van der Waals surface area contributed by atoms with Crippen molar-refractivity contribution in [2.45, 2.75) is 31.7 Å². The summed E-state index contributed by atoms with van der Waals surface area (Å²) in [7, 11) is 0. The Bertz CT molecular complexity index is 879. The summed E-state index contributed by atoms with van der Waals surface area (Å²) in [6.45, 7) is 3.80. The number of amides is 2. The molecule has 3 heterocycles. The number of nitrogens with zero attached hydrogens (tertiary/aromatic N) is 3. The molecular weight excluding hydrogens is 429 g/mol. The van der Waals surface area contributed by atoms with Crippen molar-refractivity contribution in [1.82, 2.24) is 15.1 Å². The van der Waals surface area contributed by atoms with E-state index in [1.165, 1.54) is 4.90 Å². The third-order valence-electron chi connectivity index (χ3n) is 5.92. The van der Waals surface area contributed by atoms with Crippen LogP contribution in [0.3, 0.4) is 0 Å². The van der Waals surface area contributed by atoms with Crippen molar-refractivity contribution in [1.29, 1.82) is 0 Å². The summed E-state index contributed by atoms with van der Waals surface area (Å²) in [6, 6.07) is 5.52. The van der Waals surface area contributed by atoms with Crippen LogP contribution in [-0.2, 0) is 16.1 Å². The zero-order valence-electron chi connectivity index (χ0n) is 16.5. The summed E-state index contributed by atoms with van der Waals surface area (Å²) in [4.78, 5) is 30.0. The van der Waals surface area contributed by atoms with Crippen LogP contribution in [0, 0.1) is 0 Å². The van der Waals surface area contributed by atoms with E-state index in [4.69, 9.17) is 28.9 Å². The lowest BCUT2D eigenvalue weighted by molar-refractivity contribution is -0.133. The van der Waals surface area contributed by atoms with E-state index >= 15 is 0 Å². The van der Waals surface area contributed by atoms with Gasteiger partial charge in [-0.15, -0.1) is 0 Å². The number of halogens is 2. The van der Waals surface area contributed by atoms with Gasteiger partial charge in [0, 0.05) is 32.7 Å². The van der Waals surface area contributed by atoms with Gasteiger partial charge in [0.2, 0.25) is 5.91 Å². The Kier molecular flexibility index (Phi) is 6.11. The van der Waals surface area contributed by atoms with Gasteiger partial charge in [0.1, 0.15) is 5.03 Å². The Morgan fingerprint density at radius 2 is 1.97 bits per heavy atom. The summed E-state index contributed by atoms with van der Waals surface area (Å²) >= 11 is 11.7. The lowest BCUT2D eigenvalue weighted by Gasteiger charge is -2.37. The average molecular weight is 454 g/mol. The number of nitrogens with one attached hydrogen (secondary N) is 1. The third-order valence-corrected chi connectivity index (χ3v) is 6.76. The summed E-state index contributed by atoms with van der Waals surface area (Å²) in [6.07, 6.45) is 0.717. The van der Waals surface area contributed by atoms with Crippen molar-refractivity contribution in [2.24, 2.45) is 0 Å². The fourth-order valence-electron chi connectivity index (χ4n) is 4.22. The molecule has 2 atom stereocenters. The van der Waals surface area contributed by atoms with Crippen molar-refractivity contribution >= 4 is 46.4 Å². The van der Waals surface area contributed by atoms with Gasteiger partial charge in [-0.25, -0.2) is 0 Å². The van der Waals surface area contributed by atoms with Crippen LogP contribution in [0.2, 0.25) is 0 Å². The molecule has 2 amide bonds. The monoisotopic (exact) mass is 453 g/mol. The second-order valence-electron chi connectivity index (χ2n) is 7.82. The summed E-state index contributed by atoms with van der Waals surface area (Å²) in [5.74, 6) is -0.315. The predicted molar refractivity (Wildman–Crippen MR) is 116 cm³/mol. The van der Waals surface area contributed by atoms with Crippen LogP contribution in [0.25, 0.3) is 0 Å². The number of hydrogen-bond donors (Lipinski definition) is 3. The van der Waals surface area contributed by atoms with Crippen molar-refractivity contribution in [3.8, 4) is 0 Å². The van der Waals surface area contributed by atoms with E-state index < -0.39 is 12.1 Å². The van der Waals surface area contributed by atoms with Crippen LogP contribution in [0.4, 0.5) is 11.4 Å². The van der Waals surface area contributed by atoms with Gasteiger partial charge < -0.3 is 30.9 Å². The highest BCUT2D eigenvalue weighted by molar-refractivity contribution is 6.49. The zero-order valence-corrected chi connectivity index (χ0v) is 18.0. The first-order valence-corrected chi connectivity index (χ1v) is 10.8. The van der Waals surface area contributed by atoms with E-state index in [1.54, 1.807) is 6.07 Å². The number of anilines is 2. The zero-order chi connectivity index (χ0) is 21.4. The van der Waals surface area contributed by atoms with Gasteiger partial charge in [0.25, 0.3) is 5.91 Å². The highest BCUT2D eigenvalue weighted by atomic mass is 35.5. The van der Waals surface area contributed by atoms with Gasteiger partial charge in [-0.05, 0) is 37.1 Å². The molecule has 0 radical (unpaired) electrons. The molecule has 3 aliphatic rings. The fraction of sp³-hybridized carbons (Fsp3) is 0.500. The Balaban J connectivity index is 1.37. The standard InChI is InChI=1S/C20H25Cl2N5O3/c21-16-17(22)20(30)27(19(16)29)11-12-3-4-15(13(23)10-12)25-6-8-26(9-7-25)18(28)14-2-1-5-24-14/h3-4,10,14,19,24,29H,1-2,5-9,11,23H2/t14-,19?/m0/s1. The van der Waals surface area contributed by atoms with E-state index in [1.807, 2.05) is 17.0 Å². The SMILES string of the molecule is Nc1cc(CN2C(=O)C(Cl)=C(Cl)C2O)ccc1N1CCN(C(=O)[C@@H]2CCCN2)CC1. The smallest absolute Gasteiger partial charge is 0.269 e. The lowest BCUT2D eigenvalue weighted by atomic mass is 10.1. The maximum Gasteiger partial charge on any atom is 0.269 e. The predicted octanol–water partition coefficient (Wildman–Crippen LogP) is 1.02. The first-order chi connectivity index (χ1) is 14.4. The molecular formula is C20H25Cl2N5O3. The molecule has 4 N–H and O–H groups in total. The van der Waals surface area contributed by atoms with E-state index in [0.29, 0.717) is 31.9 Å². The largest absolute Gasteiger partial charge is 0.397 e. The number of rotatable bonds is 4. The molecule has 0 aromatic heterocycles. The molecule has 10 heteroatoms. The van der Waals surface area contributed by atoms with Gasteiger partial charge in [-0.3, -0.25) is 9.59 Å². The van der Waals surface area contributed by atoms with Crippen LogP contribution in [-0.4, -0.2) is 71.7 Å². The third kappa shape index (κ3) is 3.97. The van der Waals surface area contributed by atoms with E-state index in [2.05, 4.69) is 10.2 Å². The quantitative estimate of drug-likeness (QED) is 0.588. The minimum atomic E-state index is -1.24. The number of aliphatic hydroxyl groups is 1. The van der Waals surface area contributed by atoms with Crippen LogP contribution in [0.15, 0.2) is 28.3 Å². The number of hydrogen-bond acceptors (Lipinski definition) is 6. The van der Waals surface area contributed by atoms with Gasteiger partial charge >= 0.3 is 0 Å². The number of aliphatic hydroxyl groups excluding tert-OH is 1. The molecule has 2 saturated heterocycles. The number of carbonyl (C=O) groups excluding carboxylic acids is 2. The van der Waals surface area contributed by atoms with E-state index in [-0.39, 0.29) is 28.6 Å². The van der Waals surface area contributed by atoms with Gasteiger partial charge in [-0.1, -0.05) is 29.3 Å². The van der Waals surface area contributed by atoms with E-state index in [0.717, 1.165) is 30.6 Å². The highest BCUT2D eigenvalue weighted by Gasteiger charge is 2.36. The maximum atomic E-state index is 12.6. The first kappa shape index (κ1) is 21.2. The molecule has 0 spiro atoms. The molecule has 0 bridgehead atoms. The molecule has 3 aliphatic heterocycles. The van der Waals surface area contributed by atoms with Gasteiger partial charge in [-0.2, -0.15) is 0 Å². The van der Waals surface area contributed by atoms with Gasteiger partial charge in [0.15, 0.2) is 6.23 Å². The number of carbonyl (C=O) groups is 2. The fourth-order valence-corrected chi connectivity index (χ4v) is 4.62. The minimum Gasteiger partial charge on any atom is -0.397 e. The summed E-state index contributed by atoms with van der Waals surface area (Å²) in [5.41, 5.74) is 8.52. The van der Waals surface area contributed by atoms with Crippen molar-refractivity contribution in [2.75, 3.05) is 43.4 Å². The summed E-state index contributed by atoms with van der Waals surface area (Å²) < 4.78 is 0. The Morgan fingerprint density at radius 3 is 2.53 bits per heavy atom. The molecule has 1 aromatic rings. The Hall–Kier alpha value is -2.00. The second kappa shape index (κ2) is 8.63. The van der Waals surface area contributed by atoms with Crippen molar-refractivity contribution < 1.29 is 14.7 Å².